The van der Waals surface area contributed by atoms with Crippen LogP contribution < -0.4 is 10.5 Å². The smallest absolute Gasteiger partial charge is 0.306 e. The van der Waals surface area contributed by atoms with E-state index < -0.39 is 54.2 Å². The number of fused-ring (bicyclic) bond motifs is 2. The molecule has 0 aliphatic heterocycles. The first-order valence-electron chi connectivity index (χ1n) is 15.1. The van der Waals surface area contributed by atoms with Crippen molar-refractivity contribution < 1.29 is 44.4 Å². The number of nitrogens with zero attached hydrogens (tertiary/aromatic N) is 2. The number of Topliss-reactive ketones (excluding diaryl/α,β-unsaturated/α-hetero) is 2. The number of hydrogen-bond donors (Lipinski definition) is 5. The molecule has 0 spiro atoms. The van der Waals surface area contributed by atoms with Crippen LogP contribution in [0.2, 0.25) is 0 Å². The fourth-order valence-corrected chi connectivity index (χ4v) is 5.96. The van der Waals surface area contributed by atoms with Crippen LogP contribution in [-0.2, 0) is 32.2 Å². The highest BCUT2D eigenvalue weighted by Gasteiger charge is 2.30. The van der Waals surface area contributed by atoms with Crippen molar-refractivity contribution in [2.24, 2.45) is 11.8 Å². The predicted molar refractivity (Wildman–Crippen MR) is 169 cm³/mol. The van der Waals surface area contributed by atoms with Crippen LogP contribution in [0.5, 0.6) is 0 Å². The highest BCUT2D eigenvalue weighted by Crippen LogP contribution is 2.39. The van der Waals surface area contributed by atoms with Gasteiger partial charge in [0.25, 0.3) is 5.56 Å². The van der Waals surface area contributed by atoms with Gasteiger partial charge in [-0.2, -0.15) is 0 Å². The molecule has 5 N–H and O–H groups in total. The second kappa shape index (κ2) is 15.3. The maximum absolute atomic E-state index is 13.1. The van der Waals surface area contributed by atoms with Gasteiger partial charge in [0.2, 0.25) is 0 Å². The Hall–Kier alpha value is -5.35. The van der Waals surface area contributed by atoms with E-state index in [0.717, 1.165) is 23.2 Å². The maximum atomic E-state index is 13.1. The number of aliphatic carboxylic acids is 3. The summed E-state index contributed by atoms with van der Waals surface area (Å²) in [6.07, 6.45) is 5.29. The van der Waals surface area contributed by atoms with E-state index in [1.54, 1.807) is 30.3 Å². The Balaban J connectivity index is 1.44. The molecule has 1 unspecified atom stereocenters. The number of benzene rings is 2. The number of aliphatic hydroxyl groups is 1. The fraction of sp³-hybridized carbons (Fsp3) is 0.382. The molecule has 1 heterocycles. The summed E-state index contributed by atoms with van der Waals surface area (Å²) < 4.78 is 0. The number of anilines is 1. The highest BCUT2D eigenvalue weighted by molar-refractivity contribution is 5.98. The molecule has 47 heavy (non-hydrogen) atoms. The Bertz CT molecular complexity index is 1790. The van der Waals surface area contributed by atoms with Gasteiger partial charge in [-0.15, -0.1) is 6.42 Å². The van der Waals surface area contributed by atoms with Gasteiger partial charge in [-0.25, -0.2) is 4.98 Å². The van der Waals surface area contributed by atoms with E-state index in [0.29, 0.717) is 17.3 Å². The lowest BCUT2D eigenvalue weighted by molar-refractivity contribution is -0.146. The summed E-state index contributed by atoms with van der Waals surface area (Å²) >= 11 is 0. The molecule has 0 saturated heterocycles. The van der Waals surface area contributed by atoms with Crippen LogP contribution in [-0.4, -0.2) is 66.4 Å². The lowest BCUT2D eigenvalue weighted by Gasteiger charge is -2.30. The van der Waals surface area contributed by atoms with Gasteiger partial charge in [0.1, 0.15) is 18.2 Å². The third kappa shape index (κ3) is 8.47. The molecule has 246 valence electrons. The number of carboxylic acids is 3. The van der Waals surface area contributed by atoms with Crippen molar-refractivity contribution in [3.05, 3.63) is 69.3 Å². The zero-order valence-corrected chi connectivity index (χ0v) is 25.5. The summed E-state index contributed by atoms with van der Waals surface area (Å²) in [6.45, 7) is -0.149. The second-order valence-corrected chi connectivity index (χ2v) is 11.6. The highest BCUT2D eigenvalue weighted by atomic mass is 16.4. The summed E-state index contributed by atoms with van der Waals surface area (Å²) in [5.74, 6) is -4.23. The van der Waals surface area contributed by atoms with Crippen LogP contribution in [0.25, 0.3) is 10.9 Å². The molecule has 13 nitrogen and oxygen atoms in total. The third-order valence-corrected chi connectivity index (χ3v) is 8.45. The van der Waals surface area contributed by atoms with Crippen molar-refractivity contribution in [1.29, 1.82) is 0 Å². The number of carboxylic acid groups (broad SMARTS) is 3. The molecule has 0 fully saturated rings. The van der Waals surface area contributed by atoms with Gasteiger partial charge in [0.05, 0.1) is 35.3 Å². The SMILES string of the molecule is C#CCN(c1ccc(C(=O)C[C@@H](CCC(=O)C[C@H](CCC(=O)O)C(=O)O)C(=O)O)cc1)C1CCc2cc3nc(CO)[nH]c(=O)c3cc21. The van der Waals surface area contributed by atoms with E-state index in [1.807, 2.05) is 11.0 Å². The number of hydrogen-bond acceptors (Lipinski definition) is 9. The molecule has 0 bridgehead atoms. The number of aliphatic hydroxyl groups excluding tert-OH is 1. The molecule has 1 aliphatic carbocycles. The molecule has 4 rings (SSSR count). The van der Waals surface area contributed by atoms with Gasteiger partial charge < -0.3 is 30.3 Å². The number of aromatic nitrogens is 2. The van der Waals surface area contributed by atoms with E-state index in [4.69, 9.17) is 11.5 Å². The van der Waals surface area contributed by atoms with Crippen molar-refractivity contribution in [2.45, 2.75) is 64.0 Å². The molecular weight excluding hydrogens is 610 g/mol. The second-order valence-electron chi connectivity index (χ2n) is 11.6. The molecule has 0 radical (unpaired) electrons. The van der Waals surface area contributed by atoms with Crippen LogP contribution in [0.1, 0.15) is 78.3 Å². The summed E-state index contributed by atoms with van der Waals surface area (Å²) in [5, 5.41) is 37.6. The molecule has 3 atom stereocenters. The van der Waals surface area contributed by atoms with Crippen molar-refractivity contribution in [3.63, 3.8) is 0 Å². The molecule has 1 aromatic heterocycles. The summed E-state index contributed by atoms with van der Waals surface area (Å²) in [5.41, 5.74) is 3.05. The van der Waals surface area contributed by atoms with Crippen molar-refractivity contribution in [3.8, 4) is 12.3 Å². The topological polar surface area (TPSA) is 215 Å². The zero-order chi connectivity index (χ0) is 34.2. The van der Waals surface area contributed by atoms with Gasteiger partial charge in [0.15, 0.2) is 5.78 Å². The van der Waals surface area contributed by atoms with Crippen molar-refractivity contribution >= 4 is 46.1 Å². The monoisotopic (exact) mass is 645 g/mol. The van der Waals surface area contributed by atoms with E-state index in [1.165, 1.54) is 0 Å². The third-order valence-electron chi connectivity index (χ3n) is 8.45. The van der Waals surface area contributed by atoms with Gasteiger partial charge >= 0.3 is 17.9 Å². The van der Waals surface area contributed by atoms with Crippen LogP contribution in [0, 0.1) is 24.2 Å². The summed E-state index contributed by atoms with van der Waals surface area (Å²) in [7, 11) is 0. The summed E-state index contributed by atoms with van der Waals surface area (Å²) in [6, 6.07) is 10.1. The quantitative estimate of drug-likeness (QED) is 0.106. The zero-order valence-electron chi connectivity index (χ0n) is 25.5. The molecule has 0 saturated carbocycles. The van der Waals surface area contributed by atoms with Gasteiger partial charge in [0, 0.05) is 36.9 Å². The van der Waals surface area contributed by atoms with Gasteiger partial charge in [-0.3, -0.25) is 28.8 Å². The fourth-order valence-electron chi connectivity index (χ4n) is 5.96. The number of terminal acetylenes is 1. The number of carbonyl (C=O) groups is 5. The number of nitrogens with one attached hydrogen (secondary N) is 1. The normalized spacial score (nSPS) is 14.9. The van der Waals surface area contributed by atoms with E-state index in [9.17, 15) is 44.1 Å². The van der Waals surface area contributed by atoms with Crippen molar-refractivity contribution in [1.82, 2.24) is 9.97 Å². The first-order chi connectivity index (χ1) is 22.4. The van der Waals surface area contributed by atoms with E-state index in [-0.39, 0.29) is 61.8 Å². The average molecular weight is 646 g/mol. The number of carbonyl (C=O) groups excluding carboxylic acids is 2. The number of aryl methyl sites for hydroxylation is 1. The van der Waals surface area contributed by atoms with Crippen LogP contribution in [0.15, 0.2) is 41.2 Å². The number of H-pyrrole nitrogens is 1. The Morgan fingerprint density at radius 3 is 2.26 bits per heavy atom. The summed E-state index contributed by atoms with van der Waals surface area (Å²) in [4.78, 5) is 81.1. The minimum Gasteiger partial charge on any atom is -0.481 e. The molecule has 13 heteroatoms. The van der Waals surface area contributed by atoms with Gasteiger partial charge in [-0.1, -0.05) is 5.92 Å². The molecule has 0 amide bonds. The predicted octanol–water partition coefficient (Wildman–Crippen LogP) is 3.12. The first kappa shape index (κ1) is 34.5. The van der Waals surface area contributed by atoms with E-state index >= 15 is 0 Å². The Morgan fingerprint density at radius 1 is 0.979 bits per heavy atom. The van der Waals surface area contributed by atoms with Crippen molar-refractivity contribution in [2.75, 3.05) is 11.4 Å². The largest absolute Gasteiger partial charge is 0.481 e. The first-order valence-corrected chi connectivity index (χ1v) is 15.1. The minimum atomic E-state index is -1.30. The van der Waals surface area contributed by atoms with Gasteiger partial charge in [-0.05, 0) is 73.2 Å². The molecule has 2 aromatic carbocycles. The minimum absolute atomic E-state index is 0.164. The van der Waals surface area contributed by atoms with Crippen LogP contribution in [0.3, 0.4) is 0 Å². The lowest BCUT2D eigenvalue weighted by Crippen LogP contribution is -2.28. The lowest BCUT2D eigenvalue weighted by atomic mass is 9.90. The molecule has 3 aromatic rings. The number of rotatable bonds is 17. The van der Waals surface area contributed by atoms with Crippen LogP contribution >= 0.6 is 0 Å². The Morgan fingerprint density at radius 2 is 1.64 bits per heavy atom. The number of aromatic amines is 1. The standard InChI is InChI=1S/C34H35N3O10/c1-2-13-37(28-11-6-20-15-27-26(17-25(20)28)32(43)36-30(18-38)35-27)23-8-3-19(4-9-23)29(40)16-22(34(46)47)5-10-24(39)14-21(33(44)45)7-12-31(41)42/h1,3-4,8-9,15,17,21-22,28,38H,5-7,10-14,16,18H2,(H,41,42)(H,44,45)(H,46,47)(H,35,36,43)/t21-,22+,28?/m0/s1. The average Bonchev–Trinajstić information content (AvgIpc) is 3.44. The Kier molecular flexibility index (Phi) is 11.2. The van der Waals surface area contributed by atoms with Crippen LogP contribution in [0.4, 0.5) is 5.69 Å². The maximum Gasteiger partial charge on any atom is 0.306 e. The molecular formula is C34H35N3O10. The number of ketones is 2. The Labute approximate surface area is 269 Å². The van der Waals surface area contributed by atoms with E-state index in [2.05, 4.69) is 15.9 Å². The molecule has 1 aliphatic rings.